The topological polar surface area (TPSA) is 88.1 Å². The molecule has 2 fully saturated rings. The highest BCUT2D eigenvalue weighted by atomic mass is 16.5. The lowest BCUT2D eigenvalue weighted by molar-refractivity contribution is -0.139. The third kappa shape index (κ3) is 3.40. The van der Waals surface area contributed by atoms with Gasteiger partial charge in [-0.3, -0.25) is 4.79 Å². The first-order valence-corrected chi connectivity index (χ1v) is 6.95. The highest BCUT2D eigenvalue weighted by Crippen LogP contribution is 2.34. The molecule has 0 radical (unpaired) electrons. The van der Waals surface area contributed by atoms with Crippen LogP contribution in [0.25, 0.3) is 0 Å². The number of rotatable bonds is 5. The van der Waals surface area contributed by atoms with Crippen molar-refractivity contribution in [2.75, 3.05) is 33.4 Å². The van der Waals surface area contributed by atoms with E-state index in [4.69, 9.17) is 14.6 Å². The van der Waals surface area contributed by atoms with Crippen molar-refractivity contribution in [2.45, 2.75) is 37.3 Å². The summed E-state index contributed by atoms with van der Waals surface area (Å²) in [5.41, 5.74) is -0.232. The fourth-order valence-electron chi connectivity index (χ4n) is 2.66. The number of nitrogens with one attached hydrogen (secondary N) is 1. The van der Waals surface area contributed by atoms with Gasteiger partial charge in [0.05, 0.1) is 31.3 Å². The first-order valence-electron chi connectivity index (χ1n) is 6.95. The summed E-state index contributed by atoms with van der Waals surface area (Å²) < 4.78 is 10.7. The van der Waals surface area contributed by atoms with Gasteiger partial charge in [-0.2, -0.15) is 0 Å². The van der Waals surface area contributed by atoms with E-state index in [1.165, 1.54) is 0 Å². The molecular weight excluding hydrogens is 264 g/mol. The lowest BCUT2D eigenvalue weighted by atomic mass is 9.80. The first-order chi connectivity index (χ1) is 9.56. The molecule has 114 valence electrons. The molecule has 1 heterocycles. The molecule has 1 atom stereocenters. The van der Waals surface area contributed by atoms with Crippen LogP contribution in [0.15, 0.2) is 0 Å². The Bertz CT molecular complexity index is 364. The summed E-state index contributed by atoms with van der Waals surface area (Å²) >= 11 is 0. The molecule has 1 aliphatic carbocycles. The van der Waals surface area contributed by atoms with E-state index in [0.29, 0.717) is 19.7 Å². The second kappa shape index (κ2) is 6.41. The van der Waals surface area contributed by atoms with Crippen LogP contribution in [0.2, 0.25) is 0 Å². The van der Waals surface area contributed by atoms with E-state index < -0.39 is 12.0 Å². The van der Waals surface area contributed by atoms with Gasteiger partial charge in [-0.05, 0) is 19.3 Å². The van der Waals surface area contributed by atoms with Crippen LogP contribution in [0.4, 0.5) is 4.79 Å². The number of carboxylic acid groups (broad SMARTS) is 1. The van der Waals surface area contributed by atoms with E-state index in [1.54, 1.807) is 12.0 Å². The summed E-state index contributed by atoms with van der Waals surface area (Å²) in [5, 5.41) is 11.7. The monoisotopic (exact) mass is 286 g/mol. The molecule has 2 aliphatic rings. The molecular formula is C13H22N2O5. The molecule has 1 unspecified atom stereocenters. The summed E-state index contributed by atoms with van der Waals surface area (Å²) in [7, 11) is 1.66. The Hall–Kier alpha value is -1.34. The summed E-state index contributed by atoms with van der Waals surface area (Å²) in [6, 6.07) is -0.635. The maximum absolute atomic E-state index is 12.2. The number of amides is 2. The van der Waals surface area contributed by atoms with Crippen molar-refractivity contribution < 1.29 is 24.2 Å². The second-order valence-electron chi connectivity index (χ2n) is 5.42. The van der Waals surface area contributed by atoms with E-state index >= 15 is 0 Å². The third-order valence-electron chi connectivity index (χ3n) is 4.16. The zero-order valence-corrected chi connectivity index (χ0v) is 11.8. The van der Waals surface area contributed by atoms with Crippen molar-refractivity contribution in [3.05, 3.63) is 0 Å². The number of hydrogen-bond acceptors (Lipinski definition) is 4. The number of hydrogen-bond donors (Lipinski definition) is 2. The van der Waals surface area contributed by atoms with Crippen molar-refractivity contribution in [1.82, 2.24) is 10.2 Å². The highest BCUT2D eigenvalue weighted by Gasteiger charge is 2.38. The Morgan fingerprint density at radius 2 is 2.25 bits per heavy atom. The second-order valence-corrected chi connectivity index (χ2v) is 5.42. The molecule has 1 aliphatic heterocycles. The number of methoxy groups -OCH3 is 1. The van der Waals surface area contributed by atoms with Gasteiger partial charge in [0, 0.05) is 20.2 Å². The summed E-state index contributed by atoms with van der Waals surface area (Å²) in [4.78, 5) is 24.6. The molecule has 2 rings (SSSR count). The highest BCUT2D eigenvalue weighted by molar-refractivity contribution is 5.76. The normalized spacial score (nSPS) is 24.9. The Balaban J connectivity index is 1.87. The third-order valence-corrected chi connectivity index (χ3v) is 4.16. The number of carbonyl (C=O) groups excluding carboxylic acids is 1. The average molecular weight is 286 g/mol. The van der Waals surface area contributed by atoms with Crippen LogP contribution in [0.3, 0.4) is 0 Å². The Morgan fingerprint density at radius 3 is 2.80 bits per heavy atom. The molecule has 0 spiro atoms. The van der Waals surface area contributed by atoms with Gasteiger partial charge in [-0.1, -0.05) is 0 Å². The van der Waals surface area contributed by atoms with Gasteiger partial charge >= 0.3 is 12.0 Å². The van der Waals surface area contributed by atoms with Gasteiger partial charge in [-0.15, -0.1) is 0 Å². The van der Waals surface area contributed by atoms with Crippen LogP contribution in [-0.4, -0.2) is 67.1 Å². The summed E-state index contributed by atoms with van der Waals surface area (Å²) in [6.45, 7) is 1.61. The van der Waals surface area contributed by atoms with Gasteiger partial charge in [0.25, 0.3) is 0 Å². The molecule has 7 heteroatoms. The Kier molecular flexibility index (Phi) is 4.82. The van der Waals surface area contributed by atoms with Gasteiger partial charge in [0.2, 0.25) is 0 Å². The van der Waals surface area contributed by atoms with Crippen molar-refractivity contribution in [3.63, 3.8) is 0 Å². The van der Waals surface area contributed by atoms with Crippen LogP contribution >= 0.6 is 0 Å². The number of carbonyl (C=O) groups is 2. The first kappa shape index (κ1) is 15.1. The lowest BCUT2D eigenvalue weighted by Crippen LogP contribution is -2.56. The van der Waals surface area contributed by atoms with E-state index in [1.807, 2.05) is 0 Å². The predicted octanol–water partition coefficient (Wildman–Crippen LogP) is 0.441. The van der Waals surface area contributed by atoms with Crippen LogP contribution in [0, 0.1) is 0 Å². The van der Waals surface area contributed by atoms with E-state index in [9.17, 15) is 9.59 Å². The number of ether oxygens (including phenoxy) is 2. The zero-order chi connectivity index (χ0) is 14.6. The molecule has 2 amide bonds. The fourth-order valence-corrected chi connectivity index (χ4v) is 2.66. The fraction of sp³-hybridized carbons (Fsp3) is 0.846. The van der Waals surface area contributed by atoms with Crippen LogP contribution in [0.5, 0.6) is 0 Å². The van der Waals surface area contributed by atoms with Crippen molar-refractivity contribution in [1.29, 1.82) is 0 Å². The van der Waals surface area contributed by atoms with Gasteiger partial charge in [0.1, 0.15) is 0 Å². The molecule has 1 saturated carbocycles. The minimum absolute atomic E-state index is 0.0944. The molecule has 0 aromatic heterocycles. The van der Waals surface area contributed by atoms with E-state index in [2.05, 4.69) is 5.32 Å². The SMILES string of the molecule is COC1(CNC(=O)N2CCOCC2CC(=O)O)CCC1. The molecule has 1 saturated heterocycles. The molecule has 7 nitrogen and oxygen atoms in total. The quantitative estimate of drug-likeness (QED) is 0.765. The maximum Gasteiger partial charge on any atom is 0.317 e. The largest absolute Gasteiger partial charge is 0.481 e. The lowest BCUT2D eigenvalue weighted by Gasteiger charge is -2.41. The molecule has 0 aromatic rings. The number of aliphatic carboxylic acids is 1. The molecule has 0 aromatic carbocycles. The molecule has 0 bridgehead atoms. The standard InChI is InChI=1S/C13H22N2O5/c1-19-13(3-2-4-13)9-14-12(18)15-5-6-20-8-10(15)7-11(16)17/h10H,2-9H2,1H3,(H,14,18)(H,16,17). The summed E-state index contributed by atoms with van der Waals surface area (Å²) in [6.07, 6.45) is 2.92. The van der Waals surface area contributed by atoms with Gasteiger partial charge in [-0.25, -0.2) is 4.79 Å². The zero-order valence-electron chi connectivity index (χ0n) is 11.8. The number of nitrogens with zero attached hydrogens (tertiary/aromatic N) is 1. The average Bonchev–Trinajstić information content (AvgIpc) is 2.37. The molecule has 2 N–H and O–H groups in total. The van der Waals surface area contributed by atoms with E-state index in [-0.39, 0.29) is 24.7 Å². The Labute approximate surface area is 118 Å². The van der Waals surface area contributed by atoms with Gasteiger partial charge in [0.15, 0.2) is 0 Å². The van der Waals surface area contributed by atoms with Crippen molar-refractivity contribution in [2.24, 2.45) is 0 Å². The van der Waals surface area contributed by atoms with Crippen molar-refractivity contribution >= 4 is 12.0 Å². The minimum Gasteiger partial charge on any atom is -0.481 e. The van der Waals surface area contributed by atoms with Crippen LogP contribution in [0.1, 0.15) is 25.7 Å². The van der Waals surface area contributed by atoms with Crippen LogP contribution in [-0.2, 0) is 14.3 Å². The maximum atomic E-state index is 12.2. The Morgan fingerprint density at radius 1 is 1.50 bits per heavy atom. The van der Waals surface area contributed by atoms with E-state index in [0.717, 1.165) is 19.3 Å². The predicted molar refractivity (Wildman–Crippen MR) is 70.6 cm³/mol. The summed E-state index contributed by atoms with van der Waals surface area (Å²) in [5.74, 6) is -0.925. The number of carboxylic acids is 1. The number of morpholine rings is 1. The smallest absolute Gasteiger partial charge is 0.317 e. The van der Waals surface area contributed by atoms with Gasteiger partial charge < -0.3 is 24.8 Å². The molecule has 20 heavy (non-hydrogen) atoms. The number of urea groups is 1. The minimum atomic E-state index is -0.925. The van der Waals surface area contributed by atoms with Crippen LogP contribution < -0.4 is 5.32 Å². The van der Waals surface area contributed by atoms with Crippen molar-refractivity contribution in [3.8, 4) is 0 Å².